The highest BCUT2D eigenvalue weighted by atomic mass is 35.5. The molecule has 1 aromatic carbocycles. The summed E-state index contributed by atoms with van der Waals surface area (Å²) in [7, 11) is 2.70. The lowest BCUT2D eigenvalue weighted by Gasteiger charge is -2.12. The second kappa shape index (κ2) is 5.54. The molecule has 0 spiro atoms. The van der Waals surface area contributed by atoms with E-state index in [0.29, 0.717) is 0 Å². The van der Waals surface area contributed by atoms with Crippen LogP contribution in [0.15, 0.2) is 12.1 Å². The molecule has 1 atom stereocenters. The molecule has 0 aliphatic carbocycles. The first-order valence-corrected chi connectivity index (χ1v) is 5.19. The highest BCUT2D eigenvalue weighted by molar-refractivity contribution is 6.30. The van der Waals surface area contributed by atoms with E-state index in [0.717, 1.165) is 6.07 Å². The number of nitrogens with zero attached hydrogens (tertiary/aromatic N) is 1. The molecule has 0 saturated carbocycles. The predicted molar refractivity (Wildman–Crippen MR) is 64.0 cm³/mol. The molecule has 18 heavy (non-hydrogen) atoms. The molecule has 0 saturated heterocycles. The van der Waals surface area contributed by atoms with Gasteiger partial charge in [0.1, 0.15) is 5.38 Å². The first kappa shape index (κ1) is 14.0. The van der Waals surface area contributed by atoms with Gasteiger partial charge in [-0.15, -0.1) is 11.6 Å². The third-order valence-corrected chi connectivity index (χ3v) is 2.70. The topological polar surface area (TPSA) is 105 Å². The molecular formula is C10H11ClN2O5. The number of ether oxygens (including phenoxy) is 2. The van der Waals surface area contributed by atoms with Crippen molar-refractivity contribution in [3.8, 4) is 11.5 Å². The van der Waals surface area contributed by atoms with Crippen LogP contribution in [0.25, 0.3) is 0 Å². The van der Waals surface area contributed by atoms with E-state index in [9.17, 15) is 14.9 Å². The number of methoxy groups -OCH3 is 2. The lowest BCUT2D eigenvalue weighted by Crippen LogP contribution is -2.18. The summed E-state index contributed by atoms with van der Waals surface area (Å²) in [4.78, 5) is 21.3. The minimum atomic E-state index is -1.31. The third kappa shape index (κ3) is 2.62. The van der Waals surface area contributed by atoms with Crippen LogP contribution in [-0.2, 0) is 4.79 Å². The number of amides is 1. The van der Waals surface area contributed by atoms with E-state index in [1.807, 2.05) is 0 Å². The van der Waals surface area contributed by atoms with Gasteiger partial charge in [0.2, 0.25) is 5.91 Å². The van der Waals surface area contributed by atoms with Crippen LogP contribution in [0.3, 0.4) is 0 Å². The fraction of sp³-hybridized carbons (Fsp3) is 0.300. The van der Waals surface area contributed by atoms with Gasteiger partial charge >= 0.3 is 0 Å². The average Bonchev–Trinajstić information content (AvgIpc) is 2.35. The Labute approximate surface area is 108 Å². The Kier molecular flexibility index (Phi) is 4.33. The second-order valence-electron chi connectivity index (χ2n) is 3.29. The Balaban J connectivity index is 3.47. The molecule has 0 aliphatic heterocycles. The first-order chi connectivity index (χ1) is 8.42. The maximum Gasteiger partial charge on any atom is 0.278 e. The lowest BCUT2D eigenvalue weighted by atomic mass is 10.1. The van der Waals surface area contributed by atoms with Crippen LogP contribution in [0.1, 0.15) is 10.9 Å². The van der Waals surface area contributed by atoms with Crippen LogP contribution in [0.2, 0.25) is 0 Å². The van der Waals surface area contributed by atoms with Crippen molar-refractivity contribution in [2.75, 3.05) is 14.2 Å². The summed E-state index contributed by atoms with van der Waals surface area (Å²) in [6.07, 6.45) is 0. The van der Waals surface area contributed by atoms with Gasteiger partial charge in [0.05, 0.1) is 30.8 Å². The number of nitro groups is 1. The van der Waals surface area contributed by atoms with E-state index in [4.69, 9.17) is 26.8 Å². The molecule has 1 amide bonds. The third-order valence-electron chi connectivity index (χ3n) is 2.25. The fourth-order valence-electron chi connectivity index (χ4n) is 1.40. The van der Waals surface area contributed by atoms with Gasteiger partial charge in [-0.2, -0.15) is 0 Å². The number of hydrogen-bond acceptors (Lipinski definition) is 5. The van der Waals surface area contributed by atoms with Crippen molar-refractivity contribution in [1.82, 2.24) is 0 Å². The molecule has 1 rings (SSSR count). The summed E-state index contributed by atoms with van der Waals surface area (Å²) < 4.78 is 9.92. The summed E-state index contributed by atoms with van der Waals surface area (Å²) in [5.74, 6) is -0.488. The van der Waals surface area contributed by atoms with Crippen molar-refractivity contribution in [3.63, 3.8) is 0 Å². The number of rotatable bonds is 5. The highest BCUT2D eigenvalue weighted by Crippen LogP contribution is 2.39. The van der Waals surface area contributed by atoms with Gasteiger partial charge in [-0.3, -0.25) is 14.9 Å². The Bertz CT molecular complexity index is 491. The summed E-state index contributed by atoms with van der Waals surface area (Å²) in [5.41, 5.74) is 4.64. The Morgan fingerprint density at radius 2 is 1.89 bits per heavy atom. The molecule has 0 bridgehead atoms. The fourth-order valence-corrected chi connectivity index (χ4v) is 1.57. The van der Waals surface area contributed by atoms with Gasteiger partial charge in [0, 0.05) is 0 Å². The normalized spacial score (nSPS) is 11.7. The van der Waals surface area contributed by atoms with Gasteiger partial charge < -0.3 is 15.2 Å². The summed E-state index contributed by atoms with van der Waals surface area (Å²) in [5, 5.41) is 9.60. The van der Waals surface area contributed by atoms with E-state index in [-0.39, 0.29) is 22.7 Å². The first-order valence-electron chi connectivity index (χ1n) is 4.76. The van der Waals surface area contributed by atoms with Crippen LogP contribution in [0.4, 0.5) is 5.69 Å². The molecule has 1 aromatic rings. The zero-order valence-corrected chi connectivity index (χ0v) is 10.4. The van der Waals surface area contributed by atoms with E-state index >= 15 is 0 Å². The Morgan fingerprint density at radius 3 is 2.28 bits per heavy atom. The number of benzene rings is 1. The van der Waals surface area contributed by atoms with Crippen molar-refractivity contribution in [3.05, 3.63) is 27.8 Å². The molecule has 98 valence electrons. The number of primary amides is 1. The van der Waals surface area contributed by atoms with Crippen molar-refractivity contribution >= 4 is 23.2 Å². The smallest absolute Gasteiger partial charge is 0.278 e. The van der Waals surface area contributed by atoms with Gasteiger partial charge in [0.25, 0.3) is 5.69 Å². The molecule has 7 nitrogen and oxygen atoms in total. The van der Waals surface area contributed by atoms with Crippen LogP contribution in [0, 0.1) is 10.1 Å². The lowest BCUT2D eigenvalue weighted by molar-refractivity contribution is -0.385. The van der Waals surface area contributed by atoms with E-state index in [1.54, 1.807) is 0 Å². The number of nitrogens with two attached hydrogens (primary N) is 1. The van der Waals surface area contributed by atoms with Gasteiger partial charge in [-0.25, -0.2) is 0 Å². The number of hydrogen-bond donors (Lipinski definition) is 1. The molecule has 0 aliphatic rings. The predicted octanol–water partition coefficient (Wildman–Crippen LogP) is 1.38. The molecule has 0 heterocycles. The largest absolute Gasteiger partial charge is 0.493 e. The molecule has 0 radical (unpaired) electrons. The Morgan fingerprint density at radius 1 is 1.39 bits per heavy atom. The maximum absolute atomic E-state index is 11.0. The van der Waals surface area contributed by atoms with Crippen LogP contribution in [0.5, 0.6) is 11.5 Å². The van der Waals surface area contributed by atoms with Crippen LogP contribution >= 0.6 is 11.6 Å². The average molecular weight is 275 g/mol. The second-order valence-corrected chi connectivity index (χ2v) is 3.72. The van der Waals surface area contributed by atoms with E-state index in [1.165, 1.54) is 20.3 Å². The van der Waals surface area contributed by atoms with Gasteiger partial charge in [0.15, 0.2) is 11.5 Å². The molecule has 0 aromatic heterocycles. The SMILES string of the molecule is COc1cc(C(Cl)C(N)=O)c([N+](=O)[O-])cc1OC. The monoisotopic (exact) mass is 274 g/mol. The zero-order valence-electron chi connectivity index (χ0n) is 9.68. The van der Waals surface area contributed by atoms with Crippen molar-refractivity contribution in [2.24, 2.45) is 5.73 Å². The minimum absolute atomic E-state index is 0.0354. The highest BCUT2D eigenvalue weighted by Gasteiger charge is 2.27. The van der Waals surface area contributed by atoms with Crippen molar-refractivity contribution < 1.29 is 19.2 Å². The quantitative estimate of drug-likeness (QED) is 0.496. The maximum atomic E-state index is 11.0. The minimum Gasteiger partial charge on any atom is -0.493 e. The Hall–Kier alpha value is -2.02. The number of carbonyl (C=O) groups is 1. The van der Waals surface area contributed by atoms with E-state index in [2.05, 4.69) is 0 Å². The number of carbonyl (C=O) groups excluding carboxylic acids is 1. The van der Waals surface area contributed by atoms with Crippen molar-refractivity contribution in [1.29, 1.82) is 0 Å². The number of alkyl halides is 1. The van der Waals surface area contributed by atoms with Crippen LogP contribution < -0.4 is 15.2 Å². The van der Waals surface area contributed by atoms with Gasteiger partial charge in [-0.05, 0) is 6.07 Å². The molecule has 8 heteroatoms. The zero-order chi connectivity index (χ0) is 13.9. The molecule has 2 N–H and O–H groups in total. The molecular weight excluding hydrogens is 264 g/mol. The summed E-state index contributed by atoms with van der Waals surface area (Å²) in [6, 6.07) is 2.39. The van der Waals surface area contributed by atoms with Crippen molar-refractivity contribution in [2.45, 2.75) is 5.38 Å². The van der Waals surface area contributed by atoms with Crippen LogP contribution in [-0.4, -0.2) is 25.1 Å². The molecule has 1 unspecified atom stereocenters. The standard InChI is InChI=1S/C10H11ClN2O5/c1-17-7-3-5(9(11)10(12)14)6(13(15)16)4-8(7)18-2/h3-4,9H,1-2H3,(H2,12,14). The summed E-state index contributed by atoms with van der Waals surface area (Å²) in [6.45, 7) is 0. The summed E-state index contributed by atoms with van der Waals surface area (Å²) >= 11 is 5.74. The van der Waals surface area contributed by atoms with Gasteiger partial charge in [-0.1, -0.05) is 0 Å². The van der Waals surface area contributed by atoms with E-state index < -0.39 is 16.2 Å². The number of nitro benzene ring substituents is 1. The molecule has 0 fully saturated rings. The number of halogens is 1.